The molecule has 160 valence electrons. The van der Waals surface area contributed by atoms with E-state index in [1.54, 1.807) is 31.3 Å². The summed E-state index contributed by atoms with van der Waals surface area (Å²) in [6.07, 6.45) is 7.60. The number of unbranched alkanes of at least 4 members (excludes halogenated alkanes) is 1. The number of ether oxygens (including phenoxy) is 2. The highest BCUT2D eigenvalue weighted by atomic mass is 16.5. The Hall–Kier alpha value is -2.80. The Kier molecular flexibility index (Phi) is 14.6. The number of esters is 2. The van der Waals surface area contributed by atoms with Gasteiger partial charge in [-0.25, -0.2) is 0 Å². The van der Waals surface area contributed by atoms with E-state index >= 15 is 0 Å². The van der Waals surface area contributed by atoms with E-state index in [0.717, 1.165) is 12.8 Å². The van der Waals surface area contributed by atoms with Crippen molar-refractivity contribution in [3.05, 3.63) is 23.9 Å². The number of carbonyl (C=O) groups is 2. The number of nitriles is 2. The van der Waals surface area contributed by atoms with E-state index in [4.69, 9.17) is 20.0 Å². The van der Waals surface area contributed by atoms with Gasteiger partial charge >= 0.3 is 11.9 Å². The predicted molar refractivity (Wildman–Crippen MR) is 110 cm³/mol. The number of nitrogens with zero attached hydrogens (tertiary/aromatic N) is 3. The average Bonchev–Trinajstić information content (AvgIpc) is 2.73. The summed E-state index contributed by atoms with van der Waals surface area (Å²) in [6.45, 7) is 9.47. The van der Waals surface area contributed by atoms with E-state index in [9.17, 15) is 9.59 Å². The maximum atomic E-state index is 12.4. The van der Waals surface area contributed by atoms with Crippen LogP contribution >= 0.6 is 0 Å². The summed E-state index contributed by atoms with van der Waals surface area (Å²) < 4.78 is 10.6. The quantitative estimate of drug-likeness (QED) is 0.188. The van der Waals surface area contributed by atoms with Crippen LogP contribution in [0.1, 0.15) is 53.4 Å². The summed E-state index contributed by atoms with van der Waals surface area (Å²) in [5.74, 6) is -1.27. The van der Waals surface area contributed by atoms with Crippen LogP contribution < -0.4 is 0 Å². The average molecular weight is 404 g/mol. The van der Waals surface area contributed by atoms with Crippen molar-refractivity contribution in [1.82, 2.24) is 4.90 Å². The van der Waals surface area contributed by atoms with Gasteiger partial charge in [0, 0.05) is 6.54 Å². The molecule has 0 aromatic carbocycles. The molecule has 0 N–H and O–H groups in total. The Morgan fingerprint density at radius 1 is 1.07 bits per heavy atom. The third kappa shape index (κ3) is 11.6. The molecule has 0 saturated carbocycles. The Morgan fingerprint density at radius 3 is 2.28 bits per heavy atom. The second-order valence-corrected chi connectivity index (χ2v) is 6.70. The van der Waals surface area contributed by atoms with Crippen LogP contribution in [0.5, 0.6) is 0 Å². The van der Waals surface area contributed by atoms with Gasteiger partial charge in [0.1, 0.15) is 24.3 Å². The molecule has 0 heterocycles. The van der Waals surface area contributed by atoms with Crippen molar-refractivity contribution >= 4 is 11.9 Å². The number of carbonyl (C=O) groups excluding carboxylic acids is 2. The van der Waals surface area contributed by atoms with Crippen LogP contribution in [0.2, 0.25) is 0 Å². The zero-order valence-electron chi connectivity index (χ0n) is 18.0. The molecule has 0 saturated heterocycles. The van der Waals surface area contributed by atoms with Crippen molar-refractivity contribution in [3.8, 4) is 12.1 Å². The molecule has 2 atom stereocenters. The summed E-state index contributed by atoms with van der Waals surface area (Å²) in [5.41, 5.74) is 0.0249. The van der Waals surface area contributed by atoms with Gasteiger partial charge in [-0.15, -0.1) is 0 Å². The van der Waals surface area contributed by atoms with Crippen LogP contribution in [0.3, 0.4) is 0 Å². The molecule has 0 aromatic rings. The van der Waals surface area contributed by atoms with Gasteiger partial charge < -0.3 is 14.4 Å². The maximum absolute atomic E-state index is 12.4. The monoisotopic (exact) mass is 403 g/mol. The number of rotatable bonds is 14. The fraction of sp³-hybridized carbons (Fsp3) is 0.636. The molecule has 0 fully saturated rings. The maximum Gasteiger partial charge on any atom is 0.309 e. The van der Waals surface area contributed by atoms with E-state index in [1.165, 1.54) is 6.08 Å². The van der Waals surface area contributed by atoms with Crippen LogP contribution in [0.15, 0.2) is 23.9 Å². The second kappa shape index (κ2) is 16.2. The van der Waals surface area contributed by atoms with Gasteiger partial charge in [0.05, 0.1) is 25.0 Å². The Balaban J connectivity index is 4.48. The largest absolute Gasteiger partial charge is 0.465 e. The standard InChI is InChI=1S/C22H33N3O4/c1-5-8-13-28-21(26)18(4)15-20(6-2)22(27)29-14-12-25(7-3)11-9-10-19(16-23)17-24/h9-11,18,20H,5-8,12-15H2,1-4H3/b11-9+. The molecule has 7 heteroatoms. The molecule has 0 aliphatic carbocycles. The van der Waals surface area contributed by atoms with Gasteiger partial charge in [0.15, 0.2) is 0 Å². The van der Waals surface area contributed by atoms with Crippen molar-refractivity contribution in [2.45, 2.75) is 53.4 Å². The van der Waals surface area contributed by atoms with E-state index in [2.05, 4.69) is 0 Å². The molecule has 2 unspecified atom stereocenters. The molecule has 0 aliphatic rings. The number of hydrogen-bond donors (Lipinski definition) is 0. The Bertz CT molecular complexity index is 627. The molecule has 7 nitrogen and oxygen atoms in total. The summed E-state index contributed by atoms with van der Waals surface area (Å²) in [5, 5.41) is 17.4. The minimum absolute atomic E-state index is 0.0249. The first kappa shape index (κ1) is 26.2. The van der Waals surface area contributed by atoms with Gasteiger partial charge in [-0.05, 0) is 44.5 Å². The Labute approximate surface area is 174 Å². The number of allylic oxidation sites excluding steroid dienone is 3. The van der Waals surface area contributed by atoms with Crippen molar-refractivity contribution in [2.24, 2.45) is 11.8 Å². The van der Waals surface area contributed by atoms with Crippen LogP contribution in [0.4, 0.5) is 0 Å². The first-order valence-electron chi connectivity index (χ1n) is 10.2. The number of hydrogen-bond acceptors (Lipinski definition) is 7. The van der Waals surface area contributed by atoms with Gasteiger partial charge in [-0.3, -0.25) is 9.59 Å². The van der Waals surface area contributed by atoms with E-state index in [-0.39, 0.29) is 36.0 Å². The van der Waals surface area contributed by atoms with Gasteiger partial charge in [-0.2, -0.15) is 10.5 Å². The zero-order chi connectivity index (χ0) is 22.1. The van der Waals surface area contributed by atoms with Crippen molar-refractivity contribution in [3.63, 3.8) is 0 Å². The molecule has 29 heavy (non-hydrogen) atoms. The van der Waals surface area contributed by atoms with Crippen molar-refractivity contribution in [1.29, 1.82) is 10.5 Å². The third-order valence-corrected chi connectivity index (χ3v) is 4.44. The normalized spacial score (nSPS) is 12.3. The lowest BCUT2D eigenvalue weighted by Gasteiger charge is -2.20. The first-order valence-corrected chi connectivity index (χ1v) is 10.2. The summed E-state index contributed by atoms with van der Waals surface area (Å²) in [6, 6.07) is 3.57. The molecule has 0 rings (SSSR count). The van der Waals surface area contributed by atoms with Crippen LogP contribution in [0.25, 0.3) is 0 Å². The highest BCUT2D eigenvalue weighted by Gasteiger charge is 2.25. The van der Waals surface area contributed by atoms with Crippen molar-refractivity contribution < 1.29 is 19.1 Å². The van der Waals surface area contributed by atoms with Gasteiger partial charge in [0.25, 0.3) is 0 Å². The molecule has 0 spiro atoms. The molecule has 0 amide bonds. The predicted octanol–water partition coefficient (Wildman–Crippen LogP) is 3.73. The van der Waals surface area contributed by atoms with Crippen LogP contribution in [-0.4, -0.2) is 43.1 Å². The molecular weight excluding hydrogens is 370 g/mol. The fourth-order valence-corrected chi connectivity index (χ4v) is 2.49. The lowest BCUT2D eigenvalue weighted by atomic mass is 9.94. The summed E-state index contributed by atoms with van der Waals surface area (Å²) in [7, 11) is 0. The smallest absolute Gasteiger partial charge is 0.309 e. The van der Waals surface area contributed by atoms with E-state index in [0.29, 0.717) is 32.5 Å². The van der Waals surface area contributed by atoms with Gasteiger partial charge in [0.2, 0.25) is 0 Å². The topological polar surface area (TPSA) is 103 Å². The lowest BCUT2D eigenvalue weighted by molar-refractivity contribution is -0.152. The molecule has 0 aromatic heterocycles. The summed E-state index contributed by atoms with van der Waals surface area (Å²) >= 11 is 0. The van der Waals surface area contributed by atoms with E-state index in [1.807, 2.05) is 25.7 Å². The van der Waals surface area contributed by atoms with Crippen LogP contribution in [-0.2, 0) is 19.1 Å². The van der Waals surface area contributed by atoms with E-state index < -0.39 is 0 Å². The first-order chi connectivity index (χ1) is 13.9. The molecular formula is C22H33N3O4. The molecule has 0 aliphatic heterocycles. The minimum Gasteiger partial charge on any atom is -0.465 e. The summed E-state index contributed by atoms with van der Waals surface area (Å²) in [4.78, 5) is 26.3. The zero-order valence-corrected chi connectivity index (χ0v) is 18.0. The number of likely N-dealkylation sites (N-methyl/N-ethyl adjacent to an activating group) is 1. The lowest BCUT2D eigenvalue weighted by Crippen LogP contribution is -2.27. The van der Waals surface area contributed by atoms with Crippen LogP contribution in [0, 0.1) is 34.5 Å². The second-order valence-electron chi connectivity index (χ2n) is 6.70. The highest BCUT2D eigenvalue weighted by Crippen LogP contribution is 2.18. The SMILES string of the molecule is CCCCOC(=O)C(C)CC(CC)C(=O)OCCN(/C=C/C=C(C#N)C#N)CC. The fourth-order valence-electron chi connectivity index (χ4n) is 2.49. The third-order valence-electron chi connectivity index (χ3n) is 4.44. The van der Waals surface area contributed by atoms with Crippen molar-refractivity contribution in [2.75, 3.05) is 26.3 Å². The molecule has 0 bridgehead atoms. The Morgan fingerprint density at radius 2 is 1.72 bits per heavy atom. The van der Waals surface area contributed by atoms with Gasteiger partial charge in [-0.1, -0.05) is 27.2 Å². The molecule has 0 radical (unpaired) electrons. The minimum atomic E-state index is -0.347. The highest BCUT2D eigenvalue weighted by molar-refractivity contribution is 5.75.